The number of rotatable bonds is 3. The summed E-state index contributed by atoms with van der Waals surface area (Å²) < 4.78 is 5.17. The fourth-order valence-electron chi connectivity index (χ4n) is 2.10. The fourth-order valence-corrected chi connectivity index (χ4v) is 2.44. The Labute approximate surface area is 118 Å². The summed E-state index contributed by atoms with van der Waals surface area (Å²) in [6, 6.07) is 11.3. The van der Waals surface area contributed by atoms with Gasteiger partial charge in [0.2, 0.25) is 0 Å². The molecule has 3 heteroatoms. The van der Waals surface area contributed by atoms with Gasteiger partial charge in [-0.1, -0.05) is 29.8 Å². The van der Waals surface area contributed by atoms with E-state index in [1.807, 2.05) is 50.2 Å². The molecule has 0 bridgehead atoms. The van der Waals surface area contributed by atoms with Crippen LogP contribution in [0.1, 0.15) is 28.4 Å². The third kappa shape index (κ3) is 2.91. The van der Waals surface area contributed by atoms with Crippen molar-refractivity contribution >= 4 is 11.6 Å². The minimum absolute atomic E-state index is 0.586. The van der Waals surface area contributed by atoms with E-state index in [0.717, 1.165) is 28.0 Å². The van der Waals surface area contributed by atoms with Crippen LogP contribution in [0.4, 0.5) is 0 Å². The van der Waals surface area contributed by atoms with E-state index in [1.54, 1.807) is 7.11 Å². The maximum absolute atomic E-state index is 10.5. The van der Waals surface area contributed by atoms with Gasteiger partial charge < -0.3 is 9.84 Å². The van der Waals surface area contributed by atoms with E-state index in [0.29, 0.717) is 5.02 Å². The topological polar surface area (TPSA) is 29.5 Å². The maximum Gasteiger partial charge on any atom is 0.119 e. The van der Waals surface area contributed by atoms with Crippen LogP contribution in [-0.2, 0) is 0 Å². The lowest BCUT2D eigenvalue weighted by molar-refractivity contribution is 0.219. The van der Waals surface area contributed by atoms with Crippen molar-refractivity contribution < 1.29 is 9.84 Å². The molecule has 2 rings (SSSR count). The van der Waals surface area contributed by atoms with Gasteiger partial charge in [0.25, 0.3) is 0 Å². The number of hydrogen-bond donors (Lipinski definition) is 1. The highest BCUT2D eigenvalue weighted by molar-refractivity contribution is 6.31. The molecule has 0 radical (unpaired) electrons. The molecule has 0 aliphatic rings. The molecule has 0 saturated carbocycles. The predicted molar refractivity (Wildman–Crippen MR) is 78.0 cm³/mol. The summed E-state index contributed by atoms with van der Waals surface area (Å²) in [5.74, 6) is 0.781. The Morgan fingerprint density at radius 1 is 1.05 bits per heavy atom. The van der Waals surface area contributed by atoms with Crippen molar-refractivity contribution in [3.05, 3.63) is 63.7 Å². The molecule has 0 saturated heterocycles. The van der Waals surface area contributed by atoms with Crippen molar-refractivity contribution in [1.29, 1.82) is 0 Å². The Kier molecular flexibility index (Phi) is 4.13. The molecule has 0 amide bonds. The molecule has 2 nitrogen and oxygen atoms in total. The third-order valence-corrected chi connectivity index (χ3v) is 3.55. The summed E-state index contributed by atoms with van der Waals surface area (Å²) in [5, 5.41) is 11.1. The van der Waals surface area contributed by atoms with Crippen molar-refractivity contribution in [2.45, 2.75) is 20.0 Å². The maximum atomic E-state index is 10.5. The molecule has 1 atom stereocenters. The summed E-state index contributed by atoms with van der Waals surface area (Å²) in [6.45, 7) is 3.92. The highest BCUT2D eigenvalue weighted by atomic mass is 35.5. The molecule has 0 aliphatic carbocycles. The van der Waals surface area contributed by atoms with Crippen LogP contribution in [-0.4, -0.2) is 12.2 Å². The first-order valence-corrected chi connectivity index (χ1v) is 6.49. The SMILES string of the molecule is COc1ccc(C(O)c2ccc(C)cc2Cl)c(C)c1. The number of aryl methyl sites for hydroxylation is 2. The van der Waals surface area contributed by atoms with Crippen LogP contribution < -0.4 is 4.74 Å². The smallest absolute Gasteiger partial charge is 0.119 e. The number of halogens is 1. The molecule has 2 aromatic rings. The molecule has 0 fully saturated rings. The molecular weight excluding hydrogens is 260 g/mol. The average molecular weight is 277 g/mol. The van der Waals surface area contributed by atoms with Crippen LogP contribution >= 0.6 is 11.6 Å². The van der Waals surface area contributed by atoms with E-state index in [4.69, 9.17) is 16.3 Å². The van der Waals surface area contributed by atoms with Crippen LogP contribution in [0.3, 0.4) is 0 Å². The quantitative estimate of drug-likeness (QED) is 0.916. The van der Waals surface area contributed by atoms with E-state index >= 15 is 0 Å². The van der Waals surface area contributed by atoms with Crippen molar-refractivity contribution in [3.8, 4) is 5.75 Å². The lowest BCUT2D eigenvalue weighted by atomic mass is 9.96. The Balaban J connectivity index is 2.41. The number of hydrogen-bond acceptors (Lipinski definition) is 2. The number of aliphatic hydroxyl groups excluding tert-OH is 1. The van der Waals surface area contributed by atoms with Gasteiger partial charge in [-0.3, -0.25) is 0 Å². The fraction of sp³-hybridized carbons (Fsp3) is 0.250. The Hall–Kier alpha value is -1.51. The first-order chi connectivity index (χ1) is 9.02. The molecule has 19 heavy (non-hydrogen) atoms. The van der Waals surface area contributed by atoms with Gasteiger partial charge in [0, 0.05) is 10.6 Å². The van der Waals surface area contributed by atoms with Crippen LogP contribution in [0.15, 0.2) is 36.4 Å². The van der Waals surface area contributed by atoms with Crippen LogP contribution in [0, 0.1) is 13.8 Å². The molecule has 0 heterocycles. The monoisotopic (exact) mass is 276 g/mol. The van der Waals surface area contributed by atoms with Gasteiger partial charge in [-0.15, -0.1) is 0 Å². The van der Waals surface area contributed by atoms with Crippen molar-refractivity contribution in [2.75, 3.05) is 7.11 Å². The summed E-state index contributed by atoms with van der Waals surface area (Å²) in [7, 11) is 1.63. The second kappa shape index (κ2) is 5.64. The molecule has 0 aliphatic heterocycles. The first kappa shape index (κ1) is 13.9. The Morgan fingerprint density at radius 2 is 1.74 bits per heavy atom. The predicted octanol–water partition coefficient (Wildman–Crippen LogP) is 4.05. The molecule has 1 N–H and O–H groups in total. The zero-order valence-corrected chi connectivity index (χ0v) is 12.0. The van der Waals surface area contributed by atoms with Gasteiger partial charge in [-0.05, 0) is 48.7 Å². The largest absolute Gasteiger partial charge is 0.497 e. The molecule has 0 aromatic heterocycles. The van der Waals surface area contributed by atoms with E-state index in [1.165, 1.54) is 0 Å². The molecule has 100 valence electrons. The van der Waals surface area contributed by atoms with E-state index < -0.39 is 6.10 Å². The van der Waals surface area contributed by atoms with E-state index in [2.05, 4.69) is 0 Å². The van der Waals surface area contributed by atoms with Crippen LogP contribution in [0.5, 0.6) is 5.75 Å². The number of benzene rings is 2. The number of ether oxygens (including phenoxy) is 1. The van der Waals surface area contributed by atoms with Gasteiger partial charge in [0.15, 0.2) is 0 Å². The second-order valence-corrected chi connectivity index (χ2v) is 5.06. The first-order valence-electron chi connectivity index (χ1n) is 6.11. The third-order valence-electron chi connectivity index (χ3n) is 3.22. The lowest BCUT2D eigenvalue weighted by Crippen LogP contribution is -2.03. The molecule has 2 aromatic carbocycles. The van der Waals surface area contributed by atoms with Crippen molar-refractivity contribution in [2.24, 2.45) is 0 Å². The van der Waals surface area contributed by atoms with Gasteiger partial charge in [0.05, 0.1) is 7.11 Å². The minimum atomic E-state index is -0.723. The standard InChI is InChI=1S/C16H17ClO2/c1-10-4-6-14(15(17)8-10)16(18)13-7-5-12(19-3)9-11(13)2/h4-9,16,18H,1-3H3. The van der Waals surface area contributed by atoms with Gasteiger partial charge in [-0.2, -0.15) is 0 Å². The molecule has 0 spiro atoms. The van der Waals surface area contributed by atoms with Crippen molar-refractivity contribution in [1.82, 2.24) is 0 Å². The minimum Gasteiger partial charge on any atom is -0.497 e. The van der Waals surface area contributed by atoms with Crippen molar-refractivity contribution in [3.63, 3.8) is 0 Å². The molecule has 1 unspecified atom stereocenters. The lowest BCUT2D eigenvalue weighted by Gasteiger charge is -2.16. The normalized spacial score (nSPS) is 12.3. The van der Waals surface area contributed by atoms with Crippen LogP contribution in [0.2, 0.25) is 5.02 Å². The Bertz CT molecular complexity index is 593. The summed E-state index contributed by atoms with van der Waals surface area (Å²) >= 11 is 6.20. The van der Waals surface area contributed by atoms with Gasteiger partial charge in [-0.25, -0.2) is 0 Å². The molecular formula is C16H17ClO2. The second-order valence-electron chi connectivity index (χ2n) is 4.65. The van der Waals surface area contributed by atoms with Gasteiger partial charge >= 0.3 is 0 Å². The van der Waals surface area contributed by atoms with Gasteiger partial charge in [0.1, 0.15) is 11.9 Å². The van der Waals surface area contributed by atoms with E-state index in [9.17, 15) is 5.11 Å². The highest BCUT2D eigenvalue weighted by Crippen LogP contribution is 2.31. The summed E-state index contributed by atoms with van der Waals surface area (Å²) in [6.07, 6.45) is -0.723. The average Bonchev–Trinajstić information content (AvgIpc) is 2.37. The Morgan fingerprint density at radius 3 is 2.32 bits per heavy atom. The zero-order chi connectivity index (χ0) is 14.0. The number of aliphatic hydroxyl groups is 1. The highest BCUT2D eigenvalue weighted by Gasteiger charge is 2.16. The zero-order valence-electron chi connectivity index (χ0n) is 11.3. The number of methoxy groups -OCH3 is 1. The summed E-state index contributed by atoms with van der Waals surface area (Å²) in [5.41, 5.74) is 3.61. The summed E-state index contributed by atoms with van der Waals surface area (Å²) in [4.78, 5) is 0. The van der Waals surface area contributed by atoms with E-state index in [-0.39, 0.29) is 0 Å². The van der Waals surface area contributed by atoms with Crippen LogP contribution in [0.25, 0.3) is 0 Å².